The highest BCUT2D eigenvalue weighted by atomic mass is 16.6. The van der Waals surface area contributed by atoms with E-state index in [2.05, 4.69) is 0 Å². The van der Waals surface area contributed by atoms with Crippen LogP contribution in [-0.2, 0) is 35.6 Å². The summed E-state index contributed by atoms with van der Waals surface area (Å²) in [5, 5.41) is 0. The van der Waals surface area contributed by atoms with Crippen LogP contribution in [-0.4, -0.2) is 37.4 Å². The van der Waals surface area contributed by atoms with Crippen molar-refractivity contribution in [3.63, 3.8) is 0 Å². The van der Waals surface area contributed by atoms with Crippen LogP contribution in [0.4, 0.5) is 0 Å². The van der Waals surface area contributed by atoms with Crippen LogP contribution < -0.4 is 0 Å². The SMILES string of the molecule is O=C(Cc1ccccc1)OCC(COC1CCCCC1)(C(=O)OC1CCCCC1)c1ccccc1. The summed E-state index contributed by atoms with van der Waals surface area (Å²) < 4.78 is 18.3. The summed E-state index contributed by atoms with van der Waals surface area (Å²) in [4.78, 5) is 26.7. The van der Waals surface area contributed by atoms with E-state index in [1.54, 1.807) is 0 Å². The van der Waals surface area contributed by atoms with E-state index in [4.69, 9.17) is 14.2 Å². The molecule has 0 amide bonds. The average molecular weight is 479 g/mol. The summed E-state index contributed by atoms with van der Waals surface area (Å²) in [6.07, 6.45) is 10.8. The first-order chi connectivity index (χ1) is 17.2. The Bertz CT molecular complexity index is 916. The van der Waals surface area contributed by atoms with Gasteiger partial charge in [0.05, 0.1) is 19.1 Å². The average Bonchev–Trinajstić information content (AvgIpc) is 2.91. The van der Waals surface area contributed by atoms with Gasteiger partial charge in [0, 0.05) is 0 Å². The fourth-order valence-corrected chi connectivity index (χ4v) is 5.16. The highest BCUT2D eigenvalue weighted by molar-refractivity contribution is 5.84. The molecule has 188 valence electrons. The van der Waals surface area contributed by atoms with Gasteiger partial charge in [-0.2, -0.15) is 0 Å². The third-order valence-electron chi connectivity index (χ3n) is 7.33. The van der Waals surface area contributed by atoms with E-state index in [-0.39, 0.29) is 43.8 Å². The van der Waals surface area contributed by atoms with Gasteiger partial charge in [-0.3, -0.25) is 9.59 Å². The van der Waals surface area contributed by atoms with Crippen LogP contribution in [0.5, 0.6) is 0 Å². The van der Waals surface area contributed by atoms with Crippen LogP contribution in [0.25, 0.3) is 0 Å². The van der Waals surface area contributed by atoms with Crippen LogP contribution in [0.2, 0.25) is 0 Å². The van der Waals surface area contributed by atoms with Gasteiger partial charge in [0.15, 0.2) is 0 Å². The maximum atomic E-state index is 13.9. The minimum Gasteiger partial charge on any atom is -0.464 e. The zero-order valence-corrected chi connectivity index (χ0v) is 20.7. The zero-order chi connectivity index (χ0) is 24.3. The molecule has 0 radical (unpaired) electrons. The van der Waals surface area contributed by atoms with Crippen molar-refractivity contribution in [1.82, 2.24) is 0 Å². The monoisotopic (exact) mass is 478 g/mol. The molecular weight excluding hydrogens is 440 g/mol. The predicted octanol–water partition coefficient (Wildman–Crippen LogP) is 5.94. The van der Waals surface area contributed by atoms with Crippen LogP contribution in [0.1, 0.15) is 75.3 Å². The van der Waals surface area contributed by atoms with E-state index in [1.165, 1.54) is 12.8 Å². The van der Waals surface area contributed by atoms with Crippen molar-refractivity contribution in [3.05, 3.63) is 71.8 Å². The van der Waals surface area contributed by atoms with Gasteiger partial charge in [0.1, 0.15) is 18.1 Å². The van der Waals surface area contributed by atoms with Gasteiger partial charge in [0.25, 0.3) is 0 Å². The lowest BCUT2D eigenvalue weighted by Gasteiger charge is -2.35. The number of benzene rings is 2. The number of hydrogen-bond acceptors (Lipinski definition) is 5. The van der Waals surface area contributed by atoms with Crippen molar-refractivity contribution in [2.45, 2.75) is 88.3 Å². The highest BCUT2D eigenvalue weighted by Crippen LogP contribution is 2.32. The van der Waals surface area contributed by atoms with E-state index in [0.717, 1.165) is 62.5 Å². The van der Waals surface area contributed by atoms with Gasteiger partial charge in [-0.05, 0) is 49.7 Å². The Balaban J connectivity index is 1.55. The Labute approximate surface area is 209 Å². The summed E-state index contributed by atoms with van der Waals surface area (Å²) in [7, 11) is 0. The van der Waals surface area contributed by atoms with E-state index in [0.29, 0.717) is 0 Å². The van der Waals surface area contributed by atoms with Gasteiger partial charge < -0.3 is 14.2 Å². The first-order valence-corrected chi connectivity index (χ1v) is 13.2. The van der Waals surface area contributed by atoms with Crippen molar-refractivity contribution in [1.29, 1.82) is 0 Å². The topological polar surface area (TPSA) is 61.8 Å². The minimum absolute atomic E-state index is 0.0889. The van der Waals surface area contributed by atoms with E-state index < -0.39 is 5.41 Å². The van der Waals surface area contributed by atoms with Crippen molar-refractivity contribution in [2.75, 3.05) is 13.2 Å². The van der Waals surface area contributed by atoms with Crippen LogP contribution in [0.3, 0.4) is 0 Å². The van der Waals surface area contributed by atoms with E-state index >= 15 is 0 Å². The Morgan fingerprint density at radius 1 is 0.714 bits per heavy atom. The lowest BCUT2D eigenvalue weighted by Crippen LogP contribution is -2.48. The van der Waals surface area contributed by atoms with Gasteiger partial charge in [-0.15, -0.1) is 0 Å². The molecule has 0 bridgehead atoms. The van der Waals surface area contributed by atoms with Gasteiger partial charge in [-0.25, -0.2) is 0 Å². The van der Waals surface area contributed by atoms with E-state index in [9.17, 15) is 9.59 Å². The molecule has 0 N–H and O–H groups in total. The van der Waals surface area contributed by atoms with Crippen LogP contribution in [0, 0.1) is 0 Å². The minimum atomic E-state index is -1.19. The quantitative estimate of drug-likeness (QED) is 0.396. The lowest BCUT2D eigenvalue weighted by atomic mass is 9.81. The zero-order valence-electron chi connectivity index (χ0n) is 20.7. The second kappa shape index (κ2) is 12.9. The molecule has 2 aliphatic carbocycles. The number of rotatable bonds is 10. The van der Waals surface area contributed by atoms with E-state index in [1.807, 2.05) is 60.7 Å². The largest absolute Gasteiger partial charge is 0.464 e. The smallest absolute Gasteiger partial charge is 0.322 e. The van der Waals surface area contributed by atoms with Crippen LogP contribution in [0.15, 0.2) is 60.7 Å². The number of carbonyl (C=O) groups is 2. The van der Waals surface area contributed by atoms with Crippen LogP contribution >= 0.6 is 0 Å². The Kier molecular flexibility index (Phi) is 9.35. The molecule has 0 saturated heterocycles. The lowest BCUT2D eigenvalue weighted by molar-refractivity contribution is -0.168. The molecule has 2 aromatic rings. The molecule has 1 atom stereocenters. The van der Waals surface area contributed by atoms with Crippen molar-refractivity contribution in [2.24, 2.45) is 0 Å². The van der Waals surface area contributed by atoms with Crippen molar-refractivity contribution in [3.8, 4) is 0 Å². The molecule has 0 heterocycles. The highest BCUT2D eigenvalue weighted by Gasteiger charge is 2.45. The number of carbonyl (C=O) groups excluding carboxylic acids is 2. The third-order valence-corrected chi connectivity index (χ3v) is 7.33. The number of esters is 2. The van der Waals surface area contributed by atoms with Crippen molar-refractivity contribution >= 4 is 11.9 Å². The first kappa shape index (κ1) is 25.4. The molecule has 0 aromatic heterocycles. The molecule has 35 heavy (non-hydrogen) atoms. The summed E-state index contributed by atoms with van der Waals surface area (Å²) in [5.41, 5.74) is 0.456. The Morgan fingerprint density at radius 3 is 1.91 bits per heavy atom. The molecule has 2 saturated carbocycles. The summed E-state index contributed by atoms with van der Waals surface area (Å²) >= 11 is 0. The third kappa shape index (κ3) is 7.17. The fraction of sp³-hybridized carbons (Fsp3) is 0.533. The van der Waals surface area contributed by atoms with Crippen molar-refractivity contribution < 1.29 is 23.8 Å². The first-order valence-electron chi connectivity index (χ1n) is 13.2. The number of hydrogen-bond donors (Lipinski definition) is 0. The second-order valence-corrected chi connectivity index (χ2v) is 10.0. The molecular formula is C30H38O5. The molecule has 0 aliphatic heterocycles. The second-order valence-electron chi connectivity index (χ2n) is 10.0. The predicted molar refractivity (Wildman–Crippen MR) is 135 cm³/mol. The molecule has 5 heteroatoms. The Morgan fingerprint density at radius 2 is 1.29 bits per heavy atom. The number of ether oxygens (including phenoxy) is 3. The molecule has 0 spiro atoms. The van der Waals surface area contributed by atoms with Gasteiger partial charge >= 0.3 is 11.9 Å². The maximum Gasteiger partial charge on any atom is 0.322 e. The molecule has 1 unspecified atom stereocenters. The standard InChI is InChI=1S/C30H38O5/c31-28(21-24-13-5-1-6-14-24)34-23-30(25-15-7-2-8-16-25,22-33-26-17-9-3-10-18-26)29(32)35-27-19-11-4-12-20-27/h1-2,5-8,13-16,26-27H,3-4,9-12,17-23H2. The molecule has 2 fully saturated rings. The molecule has 2 aliphatic rings. The summed E-state index contributed by atoms with van der Waals surface area (Å²) in [6.45, 7) is 0.0484. The molecule has 2 aromatic carbocycles. The maximum absolute atomic E-state index is 13.9. The molecule has 5 nitrogen and oxygen atoms in total. The Hall–Kier alpha value is -2.66. The fourth-order valence-electron chi connectivity index (χ4n) is 5.16. The van der Waals surface area contributed by atoms with Gasteiger partial charge in [0.2, 0.25) is 0 Å². The summed E-state index contributed by atoms with van der Waals surface area (Å²) in [5.74, 6) is -0.710. The molecule has 4 rings (SSSR count). The summed E-state index contributed by atoms with van der Waals surface area (Å²) in [6, 6.07) is 19.1. The van der Waals surface area contributed by atoms with Gasteiger partial charge in [-0.1, -0.05) is 86.3 Å². The normalized spacial score (nSPS) is 19.0.